The van der Waals surface area contributed by atoms with E-state index in [4.69, 9.17) is 4.74 Å². The van der Waals surface area contributed by atoms with Gasteiger partial charge in [-0.05, 0) is 0 Å². The molecular weight excluding hydrogens is 391 g/mol. The fourth-order valence-electron chi connectivity index (χ4n) is 3.01. The second kappa shape index (κ2) is 14.8. The average molecular weight is 433 g/mol. The van der Waals surface area contributed by atoms with E-state index in [0.29, 0.717) is 6.61 Å². The molecule has 0 spiro atoms. The Morgan fingerprint density at radius 3 is 1.78 bits per heavy atom. The summed E-state index contributed by atoms with van der Waals surface area (Å²) in [6, 6.07) is 0. The van der Waals surface area contributed by atoms with Gasteiger partial charge in [0.15, 0.2) is 0 Å². The molecule has 0 saturated carbocycles. The van der Waals surface area contributed by atoms with Crippen LogP contribution in [-0.2, 0) is 4.74 Å². The monoisotopic (exact) mass is 434 g/mol. The first-order valence-corrected chi connectivity index (χ1v) is 18.0. The summed E-state index contributed by atoms with van der Waals surface area (Å²) in [6.45, 7) is 11.7. The first-order valence-electron chi connectivity index (χ1n) is 9.93. The number of ether oxygens (including phenoxy) is 1. The molecule has 0 amide bonds. The van der Waals surface area contributed by atoms with Crippen molar-refractivity contribution >= 4 is 18.4 Å². The minimum atomic E-state index is -2.12. The van der Waals surface area contributed by atoms with Crippen LogP contribution in [0.25, 0.3) is 0 Å². The molecule has 0 aromatic carbocycles. The number of hydrogen-bond donors (Lipinski definition) is 1. The van der Waals surface area contributed by atoms with Crippen molar-refractivity contribution < 1.29 is 9.84 Å². The molecule has 0 aliphatic rings. The minimum absolute atomic E-state index is 0.281. The summed E-state index contributed by atoms with van der Waals surface area (Å²) in [7, 11) is 0. The van der Waals surface area contributed by atoms with Crippen molar-refractivity contribution in [3.05, 3.63) is 12.2 Å². The van der Waals surface area contributed by atoms with Gasteiger partial charge in [0.05, 0.1) is 0 Å². The Kier molecular flexibility index (Phi) is 15.1. The average Bonchev–Trinajstić information content (AvgIpc) is 2.55. The van der Waals surface area contributed by atoms with Crippen LogP contribution in [0.3, 0.4) is 0 Å². The number of rotatable bonds is 15. The molecule has 0 rings (SSSR count). The van der Waals surface area contributed by atoms with E-state index in [-0.39, 0.29) is 12.0 Å². The topological polar surface area (TPSA) is 29.5 Å². The molecular formula is C20H42O2Sn. The molecule has 1 atom stereocenters. The summed E-state index contributed by atoms with van der Waals surface area (Å²) >= 11 is -2.12. The molecule has 0 radical (unpaired) electrons. The fourth-order valence-corrected chi connectivity index (χ4v) is 17.4. The Balaban J connectivity index is 4.51. The van der Waals surface area contributed by atoms with E-state index < -0.39 is 18.4 Å². The van der Waals surface area contributed by atoms with Crippen LogP contribution in [-0.4, -0.2) is 40.8 Å². The van der Waals surface area contributed by atoms with Crippen LogP contribution in [0.4, 0.5) is 0 Å². The zero-order valence-electron chi connectivity index (χ0n) is 16.4. The Bertz CT molecular complexity index is 268. The van der Waals surface area contributed by atoms with E-state index in [0.717, 1.165) is 4.62 Å². The Labute approximate surface area is 150 Å². The van der Waals surface area contributed by atoms with Gasteiger partial charge < -0.3 is 0 Å². The van der Waals surface area contributed by atoms with Crippen molar-refractivity contribution in [3.8, 4) is 0 Å². The molecule has 0 aromatic rings. The van der Waals surface area contributed by atoms with Gasteiger partial charge in [-0.2, -0.15) is 0 Å². The molecule has 0 aromatic heterocycles. The molecule has 1 N–H and O–H groups in total. The second-order valence-electron chi connectivity index (χ2n) is 7.49. The van der Waals surface area contributed by atoms with Crippen LogP contribution in [0.2, 0.25) is 13.3 Å². The van der Waals surface area contributed by atoms with Crippen LogP contribution in [0.5, 0.6) is 0 Å². The summed E-state index contributed by atoms with van der Waals surface area (Å²) in [5, 5.41) is 9.80. The van der Waals surface area contributed by atoms with Crippen molar-refractivity contribution in [3.63, 3.8) is 0 Å². The van der Waals surface area contributed by atoms with Crippen LogP contribution in [0.15, 0.2) is 12.2 Å². The zero-order chi connectivity index (χ0) is 17.6. The number of unbranched alkanes of at least 4 members (excludes halogenated alkanes) is 3. The van der Waals surface area contributed by atoms with Crippen molar-refractivity contribution in [2.45, 2.75) is 92.6 Å². The van der Waals surface area contributed by atoms with E-state index in [1.807, 2.05) is 26.0 Å². The first-order chi connectivity index (χ1) is 11.0. The number of hydrogen-bond acceptors (Lipinski definition) is 2. The fraction of sp³-hybridized carbons (Fsp3) is 0.900. The van der Waals surface area contributed by atoms with Crippen molar-refractivity contribution in [2.75, 3.05) is 11.2 Å². The van der Waals surface area contributed by atoms with Crippen molar-refractivity contribution in [1.82, 2.24) is 0 Å². The van der Waals surface area contributed by atoms with Gasteiger partial charge in [0.1, 0.15) is 0 Å². The predicted octanol–water partition coefficient (Wildman–Crippen LogP) is 5.96. The molecule has 1 unspecified atom stereocenters. The molecule has 0 aliphatic carbocycles. The molecule has 0 heterocycles. The second-order valence-corrected chi connectivity index (χ2v) is 21.2. The molecule has 3 heteroatoms. The molecule has 0 saturated heterocycles. The SMILES string of the molecule is CCC[CH2][Sn]([CH2]CCC)([CH2]CCC)[CH2]OC/C=C/C(O)C(C)C. The summed E-state index contributed by atoms with van der Waals surface area (Å²) < 4.78 is 11.7. The maximum atomic E-state index is 9.80. The van der Waals surface area contributed by atoms with Gasteiger partial charge in [0.25, 0.3) is 0 Å². The van der Waals surface area contributed by atoms with Crippen molar-refractivity contribution in [1.29, 1.82) is 0 Å². The predicted molar refractivity (Wildman–Crippen MR) is 106 cm³/mol. The quantitative estimate of drug-likeness (QED) is 0.196. The van der Waals surface area contributed by atoms with Crippen LogP contribution in [0.1, 0.15) is 73.1 Å². The van der Waals surface area contributed by atoms with E-state index in [9.17, 15) is 5.11 Å². The third kappa shape index (κ3) is 11.6. The summed E-state index contributed by atoms with van der Waals surface area (Å²) in [5.41, 5.74) is 0. The Morgan fingerprint density at radius 2 is 1.39 bits per heavy atom. The van der Waals surface area contributed by atoms with E-state index in [1.54, 1.807) is 0 Å². The van der Waals surface area contributed by atoms with Gasteiger partial charge in [-0.15, -0.1) is 0 Å². The third-order valence-electron chi connectivity index (χ3n) is 4.82. The summed E-state index contributed by atoms with van der Waals surface area (Å²) in [6.07, 6.45) is 11.7. The summed E-state index contributed by atoms with van der Waals surface area (Å²) in [4.78, 5) is 0. The third-order valence-corrected chi connectivity index (χ3v) is 19.3. The molecule has 0 fully saturated rings. The van der Waals surface area contributed by atoms with Gasteiger partial charge in [-0.1, -0.05) is 0 Å². The van der Waals surface area contributed by atoms with E-state index >= 15 is 0 Å². The Morgan fingerprint density at radius 1 is 0.913 bits per heavy atom. The van der Waals surface area contributed by atoms with E-state index in [2.05, 4.69) is 20.8 Å². The number of aliphatic hydroxyl groups excluding tert-OH is 1. The molecule has 23 heavy (non-hydrogen) atoms. The van der Waals surface area contributed by atoms with E-state index in [1.165, 1.54) is 51.8 Å². The summed E-state index contributed by atoms with van der Waals surface area (Å²) in [5.74, 6) is 0.281. The molecule has 0 bridgehead atoms. The molecule has 138 valence electrons. The standard InChI is InChI=1S/C8H15O2.3C4H9.Sn/c1-7(2)8(9)5-4-6-10-3;3*1-3-4-2;/h4-5,7-9H,3,6H2,1-2H3;3*1,3-4H2,2H3;/b5-4+;;;;. The van der Waals surface area contributed by atoms with Crippen LogP contribution in [0, 0.1) is 5.92 Å². The van der Waals surface area contributed by atoms with Crippen LogP contribution < -0.4 is 0 Å². The van der Waals surface area contributed by atoms with Gasteiger partial charge in [-0.25, -0.2) is 0 Å². The first kappa shape index (κ1) is 23.5. The van der Waals surface area contributed by atoms with Gasteiger partial charge in [0.2, 0.25) is 0 Å². The van der Waals surface area contributed by atoms with Crippen molar-refractivity contribution in [2.24, 2.45) is 5.92 Å². The Hall–Kier alpha value is 0.459. The molecule has 0 aliphatic heterocycles. The normalized spacial score (nSPS) is 14.0. The van der Waals surface area contributed by atoms with Crippen LogP contribution >= 0.6 is 0 Å². The van der Waals surface area contributed by atoms with Gasteiger partial charge >= 0.3 is 150 Å². The maximum absolute atomic E-state index is 9.80. The van der Waals surface area contributed by atoms with Gasteiger partial charge in [-0.3, -0.25) is 0 Å². The zero-order valence-corrected chi connectivity index (χ0v) is 19.3. The number of aliphatic hydroxyl groups is 1. The van der Waals surface area contributed by atoms with Gasteiger partial charge in [0, 0.05) is 0 Å². The molecule has 2 nitrogen and oxygen atoms in total.